The number of hydrogen-bond acceptors (Lipinski definition) is 3. The minimum atomic E-state index is 0. The third kappa shape index (κ3) is 4.81. The zero-order valence-electron chi connectivity index (χ0n) is 12.2. The van der Waals surface area contributed by atoms with Crippen molar-refractivity contribution in [1.29, 1.82) is 0 Å². The molecule has 1 saturated heterocycles. The number of morpholine rings is 1. The lowest BCUT2D eigenvalue weighted by molar-refractivity contribution is 0.0358. The summed E-state index contributed by atoms with van der Waals surface area (Å²) in [5.41, 5.74) is 2.35. The van der Waals surface area contributed by atoms with E-state index in [4.69, 9.17) is 21.1 Å². The van der Waals surface area contributed by atoms with Crippen molar-refractivity contribution in [2.45, 2.75) is 20.3 Å². The average Bonchev–Trinajstić information content (AvgIpc) is 2.43. The fourth-order valence-corrected chi connectivity index (χ4v) is 2.48. The molecule has 1 heterocycles. The molecular formula is C15H23Cl2NO2. The van der Waals surface area contributed by atoms with E-state index in [1.807, 2.05) is 12.1 Å². The van der Waals surface area contributed by atoms with E-state index in [1.54, 1.807) is 0 Å². The van der Waals surface area contributed by atoms with Gasteiger partial charge in [0, 0.05) is 19.6 Å². The van der Waals surface area contributed by atoms with Gasteiger partial charge >= 0.3 is 0 Å². The summed E-state index contributed by atoms with van der Waals surface area (Å²) >= 11 is 6.18. The van der Waals surface area contributed by atoms with Crippen LogP contribution in [0.15, 0.2) is 12.1 Å². The molecule has 0 saturated carbocycles. The zero-order chi connectivity index (χ0) is 13.7. The van der Waals surface area contributed by atoms with E-state index in [0.717, 1.165) is 50.6 Å². The van der Waals surface area contributed by atoms with Gasteiger partial charge in [0.2, 0.25) is 0 Å². The van der Waals surface area contributed by atoms with E-state index in [-0.39, 0.29) is 12.4 Å². The largest absolute Gasteiger partial charge is 0.492 e. The second-order valence-electron chi connectivity index (χ2n) is 4.97. The maximum Gasteiger partial charge on any atom is 0.141 e. The molecule has 0 bridgehead atoms. The van der Waals surface area contributed by atoms with Gasteiger partial charge in [0.05, 0.1) is 24.8 Å². The van der Waals surface area contributed by atoms with Crippen LogP contribution in [0.1, 0.15) is 17.5 Å². The Labute approximate surface area is 132 Å². The Morgan fingerprint density at radius 2 is 1.95 bits per heavy atom. The van der Waals surface area contributed by atoms with Crippen molar-refractivity contribution in [3.63, 3.8) is 0 Å². The highest BCUT2D eigenvalue weighted by molar-refractivity contribution is 6.32. The first kappa shape index (κ1) is 17.6. The van der Waals surface area contributed by atoms with Crippen molar-refractivity contribution in [3.05, 3.63) is 28.3 Å². The molecule has 0 aliphatic carbocycles. The SMILES string of the molecule is Cc1ccc(Cl)c(OCCCN2CCOCC2)c1C.Cl. The third-order valence-corrected chi connectivity index (χ3v) is 3.90. The molecule has 0 unspecified atom stereocenters. The highest BCUT2D eigenvalue weighted by Crippen LogP contribution is 2.30. The fraction of sp³-hybridized carbons (Fsp3) is 0.600. The molecule has 3 nitrogen and oxygen atoms in total. The predicted octanol–water partition coefficient (Wildman–Crippen LogP) is 3.48. The minimum absolute atomic E-state index is 0. The molecule has 0 N–H and O–H groups in total. The first-order valence-corrected chi connectivity index (χ1v) is 7.25. The second kappa shape index (κ2) is 8.73. The van der Waals surface area contributed by atoms with Crippen LogP contribution in [0.5, 0.6) is 5.75 Å². The van der Waals surface area contributed by atoms with Crippen molar-refractivity contribution in [1.82, 2.24) is 4.90 Å². The molecule has 1 aliphatic rings. The van der Waals surface area contributed by atoms with Crippen LogP contribution in [0.25, 0.3) is 0 Å². The molecule has 0 amide bonds. The number of rotatable bonds is 5. The summed E-state index contributed by atoms with van der Waals surface area (Å²) < 4.78 is 11.2. The summed E-state index contributed by atoms with van der Waals surface area (Å²) in [7, 11) is 0. The fourth-order valence-electron chi connectivity index (χ4n) is 2.22. The molecule has 20 heavy (non-hydrogen) atoms. The van der Waals surface area contributed by atoms with Gasteiger partial charge in [-0.15, -0.1) is 12.4 Å². The van der Waals surface area contributed by atoms with E-state index < -0.39 is 0 Å². The van der Waals surface area contributed by atoms with Gasteiger partial charge < -0.3 is 9.47 Å². The van der Waals surface area contributed by atoms with Gasteiger partial charge in [0.15, 0.2) is 0 Å². The Morgan fingerprint density at radius 1 is 1.25 bits per heavy atom. The standard InChI is InChI=1S/C15H22ClNO2.ClH/c1-12-4-5-14(16)15(13(12)2)19-9-3-6-17-7-10-18-11-8-17;/h4-5H,3,6-11H2,1-2H3;1H. The maximum absolute atomic E-state index is 6.18. The molecule has 5 heteroatoms. The molecule has 114 valence electrons. The molecule has 1 aromatic rings. The smallest absolute Gasteiger partial charge is 0.141 e. The highest BCUT2D eigenvalue weighted by atomic mass is 35.5. The molecular weight excluding hydrogens is 297 g/mol. The van der Waals surface area contributed by atoms with Crippen LogP contribution in [-0.4, -0.2) is 44.4 Å². The Kier molecular flexibility index (Phi) is 7.67. The summed E-state index contributed by atoms with van der Waals surface area (Å²) in [6.45, 7) is 9.67. The summed E-state index contributed by atoms with van der Waals surface area (Å²) in [6, 6.07) is 3.93. The number of ether oxygens (including phenoxy) is 2. The number of hydrogen-bond donors (Lipinski definition) is 0. The van der Waals surface area contributed by atoms with Crippen molar-refractivity contribution in [2.24, 2.45) is 0 Å². The van der Waals surface area contributed by atoms with Crippen molar-refractivity contribution in [3.8, 4) is 5.75 Å². The normalized spacial score (nSPS) is 15.8. The topological polar surface area (TPSA) is 21.7 Å². The lowest BCUT2D eigenvalue weighted by Crippen LogP contribution is -2.37. The summed E-state index contributed by atoms with van der Waals surface area (Å²) in [5, 5.41) is 0.703. The molecule has 1 fully saturated rings. The van der Waals surface area contributed by atoms with E-state index in [1.165, 1.54) is 5.56 Å². The van der Waals surface area contributed by atoms with Crippen LogP contribution in [0.2, 0.25) is 5.02 Å². The van der Waals surface area contributed by atoms with Crippen molar-refractivity contribution < 1.29 is 9.47 Å². The maximum atomic E-state index is 6.18. The molecule has 1 aromatic carbocycles. The molecule has 0 aromatic heterocycles. The van der Waals surface area contributed by atoms with Crippen LogP contribution in [0.3, 0.4) is 0 Å². The summed E-state index contributed by atoms with van der Waals surface area (Å²) in [6.07, 6.45) is 1.02. The van der Waals surface area contributed by atoms with Gasteiger partial charge in [0.1, 0.15) is 5.75 Å². The zero-order valence-corrected chi connectivity index (χ0v) is 13.7. The van der Waals surface area contributed by atoms with Crippen molar-refractivity contribution >= 4 is 24.0 Å². The van der Waals surface area contributed by atoms with Gasteiger partial charge in [-0.3, -0.25) is 4.90 Å². The van der Waals surface area contributed by atoms with Crippen LogP contribution in [0.4, 0.5) is 0 Å². The second-order valence-corrected chi connectivity index (χ2v) is 5.38. The van der Waals surface area contributed by atoms with E-state index in [0.29, 0.717) is 11.6 Å². The predicted molar refractivity (Wildman–Crippen MR) is 85.5 cm³/mol. The number of aryl methyl sites for hydroxylation is 1. The molecule has 0 atom stereocenters. The van der Waals surface area contributed by atoms with Crippen LogP contribution in [0, 0.1) is 13.8 Å². The van der Waals surface area contributed by atoms with E-state index in [9.17, 15) is 0 Å². The lowest BCUT2D eigenvalue weighted by Gasteiger charge is -2.26. The first-order valence-electron chi connectivity index (χ1n) is 6.87. The monoisotopic (exact) mass is 319 g/mol. The third-order valence-electron chi connectivity index (χ3n) is 3.60. The molecule has 2 rings (SSSR count). The van der Waals surface area contributed by atoms with Gasteiger partial charge in [0.25, 0.3) is 0 Å². The highest BCUT2D eigenvalue weighted by Gasteiger charge is 2.11. The van der Waals surface area contributed by atoms with Gasteiger partial charge in [-0.1, -0.05) is 17.7 Å². The minimum Gasteiger partial charge on any atom is -0.492 e. The quantitative estimate of drug-likeness (QED) is 0.775. The Morgan fingerprint density at radius 3 is 2.65 bits per heavy atom. The number of nitrogens with zero attached hydrogens (tertiary/aromatic N) is 1. The Balaban J connectivity index is 0.00000200. The van der Waals surface area contributed by atoms with Crippen LogP contribution < -0.4 is 4.74 Å². The van der Waals surface area contributed by atoms with Crippen LogP contribution in [-0.2, 0) is 4.74 Å². The summed E-state index contributed by atoms with van der Waals surface area (Å²) in [5.74, 6) is 0.837. The molecule has 0 radical (unpaired) electrons. The average molecular weight is 320 g/mol. The number of benzene rings is 1. The van der Waals surface area contributed by atoms with Gasteiger partial charge in [-0.25, -0.2) is 0 Å². The van der Waals surface area contributed by atoms with Crippen LogP contribution >= 0.6 is 24.0 Å². The van der Waals surface area contributed by atoms with Gasteiger partial charge in [-0.05, 0) is 37.5 Å². The Bertz CT molecular complexity index is 421. The first-order chi connectivity index (χ1) is 9.18. The number of halogens is 2. The van der Waals surface area contributed by atoms with E-state index in [2.05, 4.69) is 18.7 Å². The molecule has 0 spiro atoms. The lowest BCUT2D eigenvalue weighted by atomic mass is 10.1. The summed E-state index contributed by atoms with van der Waals surface area (Å²) in [4.78, 5) is 2.41. The van der Waals surface area contributed by atoms with Gasteiger partial charge in [-0.2, -0.15) is 0 Å². The van der Waals surface area contributed by atoms with E-state index >= 15 is 0 Å². The van der Waals surface area contributed by atoms with Crippen molar-refractivity contribution in [2.75, 3.05) is 39.5 Å². The Hall–Kier alpha value is -0.480. The molecule has 1 aliphatic heterocycles.